The molecule has 2 heterocycles. The number of fused-ring (bicyclic) bond motifs is 1. The van der Waals surface area contributed by atoms with Crippen molar-refractivity contribution in [3.8, 4) is 0 Å². The maximum Gasteiger partial charge on any atom is 0.330 e. The van der Waals surface area contributed by atoms with Gasteiger partial charge in [0.25, 0.3) is 5.91 Å². The van der Waals surface area contributed by atoms with E-state index >= 15 is 0 Å². The topological polar surface area (TPSA) is 97.1 Å². The molecule has 140 valence electrons. The summed E-state index contributed by atoms with van der Waals surface area (Å²) in [4.78, 5) is 29.1. The maximum absolute atomic E-state index is 12.9. The van der Waals surface area contributed by atoms with Crippen molar-refractivity contribution in [2.75, 3.05) is 0 Å². The molecule has 0 radical (unpaired) electrons. The summed E-state index contributed by atoms with van der Waals surface area (Å²) in [6.07, 6.45) is 1.58. The van der Waals surface area contributed by atoms with E-state index in [9.17, 15) is 14.7 Å². The van der Waals surface area contributed by atoms with Crippen molar-refractivity contribution >= 4 is 34.5 Å². The zero-order chi connectivity index (χ0) is 19.7. The van der Waals surface area contributed by atoms with Gasteiger partial charge in [-0.3, -0.25) is 4.79 Å². The summed E-state index contributed by atoms with van der Waals surface area (Å²) in [5.41, 5.74) is 2.01. The Labute approximate surface area is 161 Å². The fraction of sp³-hybridized carbons (Fsp3) is 0.263. The summed E-state index contributed by atoms with van der Waals surface area (Å²) >= 11 is 5.86. The third-order valence-electron chi connectivity index (χ3n) is 4.15. The molecule has 0 aliphatic rings. The number of halogens is 1. The van der Waals surface area contributed by atoms with E-state index < -0.39 is 17.9 Å². The van der Waals surface area contributed by atoms with Gasteiger partial charge in [-0.25, -0.2) is 14.5 Å². The molecule has 0 saturated heterocycles. The van der Waals surface area contributed by atoms with E-state index in [0.29, 0.717) is 32.9 Å². The van der Waals surface area contributed by atoms with Crippen molar-refractivity contribution in [3.05, 3.63) is 58.4 Å². The fourth-order valence-electron chi connectivity index (χ4n) is 2.86. The molecular weight excluding hydrogens is 368 g/mol. The van der Waals surface area contributed by atoms with Gasteiger partial charge in [-0.2, -0.15) is 5.10 Å². The van der Waals surface area contributed by atoms with Crippen LogP contribution in [0.25, 0.3) is 11.0 Å². The van der Waals surface area contributed by atoms with Crippen LogP contribution < -0.4 is 5.32 Å². The molecule has 0 aliphatic carbocycles. The van der Waals surface area contributed by atoms with E-state index in [2.05, 4.69) is 15.4 Å². The second kappa shape index (κ2) is 7.36. The Kier molecular flexibility index (Phi) is 5.14. The van der Waals surface area contributed by atoms with Crippen LogP contribution in [0.1, 0.15) is 47.5 Å². The third kappa shape index (κ3) is 3.78. The second-order valence-corrected chi connectivity index (χ2v) is 6.96. The van der Waals surface area contributed by atoms with Crippen molar-refractivity contribution in [2.45, 2.75) is 32.9 Å². The van der Waals surface area contributed by atoms with E-state index in [0.717, 1.165) is 0 Å². The van der Waals surface area contributed by atoms with Crippen LogP contribution in [-0.2, 0) is 4.79 Å². The lowest BCUT2D eigenvalue weighted by molar-refractivity contribution is -0.139. The predicted molar refractivity (Wildman–Crippen MR) is 102 cm³/mol. The molecular formula is C19H19ClN4O3. The van der Waals surface area contributed by atoms with E-state index in [-0.39, 0.29) is 6.04 Å². The number of hydrogen-bond acceptors (Lipinski definition) is 4. The first-order valence-corrected chi connectivity index (χ1v) is 8.79. The number of carbonyl (C=O) groups is 2. The van der Waals surface area contributed by atoms with Crippen LogP contribution in [0, 0.1) is 6.92 Å². The molecule has 1 unspecified atom stereocenters. The van der Waals surface area contributed by atoms with Crippen LogP contribution in [0.4, 0.5) is 0 Å². The quantitative estimate of drug-likeness (QED) is 0.699. The summed E-state index contributed by atoms with van der Waals surface area (Å²) in [7, 11) is 0. The molecule has 7 nitrogen and oxygen atoms in total. The number of hydrogen-bond donors (Lipinski definition) is 2. The van der Waals surface area contributed by atoms with Gasteiger partial charge in [0, 0.05) is 16.8 Å². The molecule has 0 aliphatic heterocycles. The minimum Gasteiger partial charge on any atom is -0.479 e. The number of carboxylic acids is 1. The summed E-state index contributed by atoms with van der Waals surface area (Å²) in [6, 6.07) is 6.83. The van der Waals surface area contributed by atoms with E-state index in [1.54, 1.807) is 48.1 Å². The van der Waals surface area contributed by atoms with Gasteiger partial charge < -0.3 is 10.4 Å². The van der Waals surface area contributed by atoms with Gasteiger partial charge in [0.1, 0.15) is 0 Å². The normalized spacial score (nSPS) is 12.3. The predicted octanol–water partition coefficient (Wildman–Crippen LogP) is 3.53. The number of pyridine rings is 1. The van der Waals surface area contributed by atoms with Gasteiger partial charge in [-0.05, 0) is 44.5 Å². The van der Waals surface area contributed by atoms with Crippen LogP contribution >= 0.6 is 11.6 Å². The highest BCUT2D eigenvalue weighted by Gasteiger charge is 2.25. The smallest absolute Gasteiger partial charge is 0.330 e. The number of carbonyl (C=O) groups excluding carboxylic acids is 1. The number of aromatic nitrogens is 3. The number of nitrogens with zero attached hydrogens (tertiary/aromatic N) is 3. The highest BCUT2D eigenvalue weighted by molar-refractivity contribution is 6.30. The zero-order valence-electron chi connectivity index (χ0n) is 15.1. The van der Waals surface area contributed by atoms with Gasteiger partial charge in [-0.15, -0.1) is 0 Å². The SMILES string of the molecule is Cc1cc(C(=O)NC(C(=O)O)c2ccc(Cl)cc2)c2cnn(C(C)C)c2n1. The first kappa shape index (κ1) is 18.8. The first-order chi connectivity index (χ1) is 12.8. The molecule has 0 saturated carbocycles. The summed E-state index contributed by atoms with van der Waals surface area (Å²) < 4.78 is 1.73. The maximum atomic E-state index is 12.9. The molecule has 8 heteroatoms. The van der Waals surface area contributed by atoms with Crippen molar-refractivity contribution in [2.24, 2.45) is 0 Å². The summed E-state index contributed by atoms with van der Waals surface area (Å²) in [5, 5.41) is 17.5. The lowest BCUT2D eigenvalue weighted by Crippen LogP contribution is -2.34. The monoisotopic (exact) mass is 386 g/mol. The lowest BCUT2D eigenvalue weighted by atomic mass is 10.1. The summed E-state index contributed by atoms with van der Waals surface area (Å²) in [6.45, 7) is 5.72. The van der Waals surface area contributed by atoms with Crippen molar-refractivity contribution in [1.82, 2.24) is 20.1 Å². The highest BCUT2D eigenvalue weighted by atomic mass is 35.5. The molecule has 2 N–H and O–H groups in total. The number of aryl methyl sites for hydroxylation is 1. The standard InChI is InChI=1S/C19H19ClN4O3/c1-10(2)24-17-15(9-21-24)14(8-11(3)22-17)18(25)23-16(19(26)27)12-4-6-13(20)7-5-12/h4-10,16H,1-3H3,(H,23,25)(H,26,27). The number of amides is 1. The van der Waals surface area contributed by atoms with Crippen LogP contribution in [0.3, 0.4) is 0 Å². The van der Waals surface area contributed by atoms with Crippen LogP contribution in [0.5, 0.6) is 0 Å². The first-order valence-electron chi connectivity index (χ1n) is 8.42. The minimum absolute atomic E-state index is 0.0774. The number of aliphatic carboxylic acids is 1. The number of carboxylic acid groups (broad SMARTS) is 1. The number of rotatable bonds is 5. The molecule has 0 fully saturated rings. The molecule has 27 heavy (non-hydrogen) atoms. The van der Waals surface area contributed by atoms with E-state index in [4.69, 9.17) is 11.6 Å². The Balaban J connectivity index is 1.99. The summed E-state index contributed by atoms with van der Waals surface area (Å²) in [5.74, 6) is -1.67. The molecule has 1 aromatic carbocycles. The van der Waals surface area contributed by atoms with Crippen LogP contribution in [-0.4, -0.2) is 31.7 Å². The molecule has 1 atom stereocenters. The minimum atomic E-state index is -1.20. The van der Waals surface area contributed by atoms with Crippen LogP contribution in [0.15, 0.2) is 36.5 Å². The number of nitrogens with one attached hydrogen (secondary N) is 1. The molecule has 1 amide bonds. The Morgan fingerprint density at radius 2 is 1.89 bits per heavy atom. The largest absolute Gasteiger partial charge is 0.479 e. The van der Waals surface area contributed by atoms with Gasteiger partial charge in [0.15, 0.2) is 11.7 Å². The third-order valence-corrected chi connectivity index (χ3v) is 4.41. The Morgan fingerprint density at radius 3 is 2.48 bits per heavy atom. The lowest BCUT2D eigenvalue weighted by Gasteiger charge is -2.16. The number of benzene rings is 1. The van der Waals surface area contributed by atoms with Crippen molar-refractivity contribution in [3.63, 3.8) is 0 Å². The van der Waals surface area contributed by atoms with Gasteiger partial charge in [-0.1, -0.05) is 23.7 Å². The molecule has 3 rings (SSSR count). The van der Waals surface area contributed by atoms with Crippen molar-refractivity contribution in [1.29, 1.82) is 0 Å². The Hall–Kier alpha value is -2.93. The molecule has 3 aromatic rings. The van der Waals surface area contributed by atoms with Crippen molar-refractivity contribution < 1.29 is 14.7 Å². The molecule has 2 aromatic heterocycles. The fourth-order valence-corrected chi connectivity index (χ4v) is 2.99. The van der Waals surface area contributed by atoms with Crippen LogP contribution in [0.2, 0.25) is 5.02 Å². The zero-order valence-corrected chi connectivity index (χ0v) is 15.9. The highest BCUT2D eigenvalue weighted by Crippen LogP contribution is 2.23. The van der Waals surface area contributed by atoms with E-state index in [1.807, 2.05) is 13.8 Å². The second-order valence-electron chi connectivity index (χ2n) is 6.53. The average molecular weight is 387 g/mol. The van der Waals surface area contributed by atoms with Gasteiger partial charge in [0.05, 0.1) is 17.1 Å². The Bertz CT molecular complexity index is 1010. The average Bonchev–Trinajstić information content (AvgIpc) is 3.03. The Morgan fingerprint density at radius 1 is 1.22 bits per heavy atom. The van der Waals surface area contributed by atoms with Gasteiger partial charge >= 0.3 is 5.97 Å². The van der Waals surface area contributed by atoms with E-state index in [1.165, 1.54) is 0 Å². The van der Waals surface area contributed by atoms with Gasteiger partial charge in [0.2, 0.25) is 0 Å². The molecule has 0 bridgehead atoms. The molecule has 0 spiro atoms.